The Labute approximate surface area is 272 Å². The summed E-state index contributed by atoms with van der Waals surface area (Å²) >= 11 is 2.84. The average molecular weight is 648 g/mol. The van der Waals surface area contributed by atoms with E-state index in [1.165, 1.54) is 28.9 Å². The predicted molar refractivity (Wildman–Crippen MR) is 178 cm³/mol. The molecule has 0 unspecified atom stereocenters. The lowest BCUT2D eigenvalue weighted by Crippen LogP contribution is -2.58. The summed E-state index contributed by atoms with van der Waals surface area (Å²) in [5.74, 6) is 1.96. The molecule has 2 saturated heterocycles. The van der Waals surface area contributed by atoms with Crippen molar-refractivity contribution >= 4 is 39.6 Å². The normalized spacial score (nSPS) is 25.9. The van der Waals surface area contributed by atoms with E-state index in [9.17, 15) is 10.1 Å². The summed E-state index contributed by atoms with van der Waals surface area (Å²) in [7, 11) is 2.14. The minimum atomic E-state index is -0.472. The number of likely N-dealkylation sites (tertiary alicyclic amines) is 1. The van der Waals surface area contributed by atoms with Crippen LogP contribution in [0.3, 0.4) is 0 Å². The molecule has 45 heavy (non-hydrogen) atoms. The lowest BCUT2D eigenvalue weighted by molar-refractivity contribution is -0.130. The SMILES string of the molecule is C=CC(=O)N1[C@@H](C)CN(c2cc(O[C@@H](C)[C@@H]3CCCN3C)nc(-c3nsc([C@@]4(C)CCCc5sc(N)c(C#N)c54)n3)n2)C[C@@H]1C. The number of likely N-dealkylation sites (N-methyl/N-ethyl adjacent to an activating group) is 1. The van der Waals surface area contributed by atoms with Gasteiger partial charge in [0.25, 0.3) is 0 Å². The molecule has 2 N–H and O–H groups in total. The van der Waals surface area contributed by atoms with E-state index in [1.807, 2.05) is 24.8 Å². The number of anilines is 2. The van der Waals surface area contributed by atoms with Gasteiger partial charge in [0, 0.05) is 47.6 Å². The van der Waals surface area contributed by atoms with E-state index in [0.29, 0.717) is 53.0 Å². The molecule has 0 aromatic carbocycles. The summed E-state index contributed by atoms with van der Waals surface area (Å²) in [6.45, 7) is 14.3. The Morgan fingerprint density at radius 3 is 2.67 bits per heavy atom. The number of aryl methyl sites for hydroxylation is 1. The van der Waals surface area contributed by atoms with Gasteiger partial charge in [-0.3, -0.25) is 9.69 Å². The van der Waals surface area contributed by atoms with Crippen molar-refractivity contribution in [3.8, 4) is 23.6 Å². The number of nitrogen functional groups attached to an aromatic ring is 1. The van der Waals surface area contributed by atoms with Gasteiger partial charge in [0.1, 0.15) is 28.0 Å². The van der Waals surface area contributed by atoms with Crippen LogP contribution in [-0.4, -0.2) is 85.9 Å². The van der Waals surface area contributed by atoms with Gasteiger partial charge in [-0.25, -0.2) is 9.97 Å². The number of hydrogen-bond donors (Lipinski definition) is 1. The summed E-state index contributed by atoms with van der Waals surface area (Å²) < 4.78 is 11.3. The molecule has 5 heterocycles. The molecule has 1 aliphatic carbocycles. The van der Waals surface area contributed by atoms with E-state index in [4.69, 9.17) is 29.8 Å². The van der Waals surface area contributed by atoms with Crippen LogP contribution in [0.2, 0.25) is 0 Å². The number of nitriles is 1. The highest BCUT2D eigenvalue weighted by Crippen LogP contribution is 2.49. The van der Waals surface area contributed by atoms with Gasteiger partial charge in [0.15, 0.2) is 0 Å². The highest BCUT2D eigenvalue weighted by Gasteiger charge is 2.42. The third kappa shape index (κ3) is 5.68. The quantitative estimate of drug-likeness (QED) is 0.362. The maximum absolute atomic E-state index is 12.6. The number of ether oxygens (including phenoxy) is 1. The number of nitrogens with two attached hydrogens (primary N) is 1. The summed E-state index contributed by atoms with van der Waals surface area (Å²) in [5, 5.41) is 11.3. The number of carbonyl (C=O) groups excluding carboxylic acids is 1. The first-order valence-corrected chi connectivity index (χ1v) is 17.2. The van der Waals surface area contributed by atoms with Crippen molar-refractivity contribution in [3.63, 3.8) is 0 Å². The predicted octanol–water partition coefficient (Wildman–Crippen LogP) is 4.63. The van der Waals surface area contributed by atoms with Crippen LogP contribution in [0.15, 0.2) is 18.7 Å². The molecule has 2 aliphatic heterocycles. The smallest absolute Gasteiger partial charge is 0.246 e. The Bertz CT molecular complexity index is 1640. The Morgan fingerprint density at radius 2 is 2.00 bits per heavy atom. The Morgan fingerprint density at radius 1 is 1.24 bits per heavy atom. The van der Waals surface area contributed by atoms with Crippen molar-refractivity contribution in [2.45, 2.75) is 89.4 Å². The molecule has 11 nitrogen and oxygen atoms in total. The first-order valence-electron chi connectivity index (χ1n) is 15.7. The zero-order valence-electron chi connectivity index (χ0n) is 26.6. The Hall–Kier alpha value is -3.60. The number of hydrogen-bond acceptors (Lipinski definition) is 12. The van der Waals surface area contributed by atoms with Crippen molar-refractivity contribution < 1.29 is 9.53 Å². The van der Waals surface area contributed by atoms with Gasteiger partial charge in [-0.2, -0.15) is 14.6 Å². The molecule has 3 aliphatic rings. The monoisotopic (exact) mass is 647 g/mol. The summed E-state index contributed by atoms with van der Waals surface area (Å²) in [6.07, 6.45) is 6.28. The van der Waals surface area contributed by atoms with Gasteiger partial charge in [-0.05, 0) is 96.6 Å². The number of amides is 1. The van der Waals surface area contributed by atoms with Crippen molar-refractivity contribution in [2.24, 2.45) is 0 Å². The second-order valence-corrected chi connectivity index (χ2v) is 14.7. The molecule has 0 bridgehead atoms. The average Bonchev–Trinajstić information content (AvgIpc) is 3.75. The van der Waals surface area contributed by atoms with Crippen LogP contribution >= 0.6 is 22.9 Å². The van der Waals surface area contributed by atoms with Crippen LogP contribution in [-0.2, 0) is 16.6 Å². The lowest BCUT2D eigenvalue weighted by Gasteiger charge is -2.44. The molecule has 5 atom stereocenters. The van der Waals surface area contributed by atoms with E-state index >= 15 is 0 Å². The van der Waals surface area contributed by atoms with Gasteiger partial charge in [-0.15, -0.1) is 11.3 Å². The van der Waals surface area contributed by atoms with Crippen molar-refractivity contribution in [1.29, 1.82) is 5.26 Å². The van der Waals surface area contributed by atoms with Gasteiger partial charge >= 0.3 is 0 Å². The fourth-order valence-electron chi connectivity index (χ4n) is 7.43. The largest absolute Gasteiger partial charge is 0.473 e. The number of piperazine rings is 1. The molecular formula is C32H41N9O2S2. The third-order valence-corrected chi connectivity index (χ3v) is 11.7. The van der Waals surface area contributed by atoms with Crippen LogP contribution in [0, 0.1) is 11.3 Å². The van der Waals surface area contributed by atoms with Crippen molar-refractivity contribution in [2.75, 3.05) is 37.3 Å². The minimum Gasteiger partial charge on any atom is -0.473 e. The van der Waals surface area contributed by atoms with Gasteiger partial charge in [-0.1, -0.05) is 6.58 Å². The highest BCUT2D eigenvalue weighted by molar-refractivity contribution is 7.16. The van der Waals surface area contributed by atoms with E-state index in [-0.39, 0.29) is 24.1 Å². The Kier molecular flexibility index (Phi) is 8.58. The topological polar surface area (TPSA) is 137 Å². The maximum atomic E-state index is 12.6. The fraction of sp³-hybridized carbons (Fsp3) is 0.562. The number of thiophene rings is 1. The van der Waals surface area contributed by atoms with E-state index < -0.39 is 5.41 Å². The molecule has 0 radical (unpaired) electrons. The summed E-state index contributed by atoms with van der Waals surface area (Å²) in [5.41, 5.74) is 7.35. The number of aromatic nitrogens is 4. The standard InChI is InChI=1S/C32H41N9O2S2/c1-7-26(42)41-18(2)16-40(17-19(41)3)24-14-25(43-20(4)22-10-9-13-39(22)6)36-29(35-24)30-37-31(45-38-30)32(5)12-8-11-23-27(32)21(15-33)28(34)44-23/h7,14,18-20,22H,1,8-13,16-17,34H2,2-6H3/t18-,19-,20-,22-,32-/m0/s1. The second kappa shape index (κ2) is 12.3. The molecule has 13 heteroatoms. The Balaban J connectivity index is 1.37. The molecular weight excluding hydrogens is 607 g/mol. The van der Waals surface area contributed by atoms with E-state index in [2.05, 4.69) is 43.3 Å². The minimum absolute atomic E-state index is 0.0371. The molecule has 2 fully saturated rings. The van der Waals surface area contributed by atoms with Gasteiger partial charge in [0.05, 0.1) is 5.56 Å². The zero-order valence-corrected chi connectivity index (χ0v) is 28.2. The molecule has 0 saturated carbocycles. The summed E-state index contributed by atoms with van der Waals surface area (Å²) in [4.78, 5) is 35.0. The molecule has 3 aromatic rings. The number of nitrogens with zero attached hydrogens (tertiary/aromatic N) is 8. The third-order valence-electron chi connectivity index (χ3n) is 9.64. The second-order valence-electron chi connectivity index (χ2n) is 12.8. The maximum Gasteiger partial charge on any atom is 0.246 e. The van der Waals surface area contributed by atoms with Crippen LogP contribution in [0.1, 0.15) is 74.4 Å². The molecule has 3 aromatic heterocycles. The van der Waals surface area contributed by atoms with Crippen LogP contribution in [0.25, 0.3) is 11.6 Å². The molecule has 6 rings (SSSR count). The molecule has 1 amide bonds. The van der Waals surface area contributed by atoms with Crippen molar-refractivity contribution in [3.05, 3.63) is 39.7 Å². The lowest BCUT2D eigenvalue weighted by atomic mass is 9.73. The molecule has 238 valence electrons. The van der Waals surface area contributed by atoms with Crippen LogP contribution in [0.4, 0.5) is 10.8 Å². The van der Waals surface area contributed by atoms with E-state index in [0.717, 1.165) is 54.1 Å². The first kappa shape index (κ1) is 31.4. The number of fused-ring (bicyclic) bond motifs is 1. The van der Waals surface area contributed by atoms with Gasteiger partial charge in [0.2, 0.25) is 23.4 Å². The van der Waals surface area contributed by atoms with Crippen molar-refractivity contribution in [1.82, 2.24) is 29.1 Å². The number of carbonyl (C=O) groups is 1. The van der Waals surface area contributed by atoms with E-state index in [1.54, 1.807) is 0 Å². The fourth-order valence-corrected chi connectivity index (χ4v) is 9.45. The highest BCUT2D eigenvalue weighted by atomic mass is 32.1. The summed E-state index contributed by atoms with van der Waals surface area (Å²) in [6, 6.07) is 4.47. The number of rotatable bonds is 7. The van der Waals surface area contributed by atoms with Crippen LogP contribution in [0.5, 0.6) is 5.88 Å². The van der Waals surface area contributed by atoms with Crippen LogP contribution < -0.4 is 15.4 Å². The molecule has 0 spiro atoms. The van der Waals surface area contributed by atoms with Gasteiger partial charge < -0.3 is 20.3 Å². The first-order chi connectivity index (χ1) is 21.5. The zero-order chi connectivity index (χ0) is 32.0.